The highest BCUT2D eigenvalue weighted by Crippen LogP contribution is 2.20. The molecule has 5 heteroatoms. The maximum atomic E-state index is 5.55. The van der Waals surface area contributed by atoms with Crippen LogP contribution in [0.4, 0.5) is 0 Å². The molecule has 1 unspecified atom stereocenters. The van der Waals surface area contributed by atoms with Gasteiger partial charge < -0.3 is 14.5 Å². The van der Waals surface area contributed by atoms with Gasteiger partial charge in [-0.05, 0) is 55.1 Å². The number of thiocarbonyl (C=S) groups is 1. The number of methoxy groups -OCH3 is 1. The Kier molecular flexibility index (Phi) is 5.03. The molecule has 1 heterocycles. The van der Waals surface area contributed by atoms with Gasteiger partial charge in [-0.2, -0.15) is 0 Å². The van der Waals surface area contributed by atoms with Crippen LogP contribution in [0.2, 0.25) is 0 Å². The van der Waals surface area contributed by atoms with Gasteiger partial charge in [0, 0.05) is 6.54 Å². The molecule has 1 atom stereocenters. The van der Waals surface area contributed by atoms with Crippen LogP contribution >= 0.6 is 24.0 Å². The van der Waals surface area contributed by atoms with E-state index in [1.54, 1.807) is 12.0 Å². The Bertz CT molecular complexity index is 486. The summed E-state index contributed by atoms with van der Waals surface area (Å²) in [5.74, 6) is 2.05. The van der Waals surface area contributed by atoms with Crippen molar-refractivity contribution in [1.29, 1.82) is 0 Å². The lowest BCUT2D eigenvalue weighted by Gasteiger charge is -2.36. The van der Waals surface area contributed by atoms with Gasteiger partial charge >= 0.3 is 0 Å². The van der Waals surface area contributed by atoms with Crippen molar-refractivity contribution < 1.29 is 9.64 Å². The molecule has 1 aromatic rings. The maximum absolute atomic E-state index is 5.55. The van der Waals surface area contributed by atoms with Gasteiger partial charge in [-0.1, -0.05) is 24.4 Å². The number of quaternary nitrogens is 1. The van der Waals surface area contributed by atoms with Crippen LogP contribution in [0.15, 0.2) is 24.3 Å². The highest BCUT2D eigenvalue weighted by atomic mass is 32.2. The molecule has 0 bridgehead atoms. The Morgan fingerprint density at radius 3 is 2.67 bits per heavy atom. The molecule has 1 saturated heterocycles. The van der Waals surface area contributed by atoms with Gasteiger partial charge in [0.05, 0.1) is 13.2 Å². The number of hydrogen-bond donors (Lipinski definition) is 1. The predicted octanol–water partition coefficient (Wildman–Crippen LogP) is 2.27. The summed E-state index contributed by atoms with van der Waals surface area (Å²) in [7, 11) is 1.70. The number of rotatable bonds is 4. The normalized spacial score (nSPS) is 23.6. The topological polar surface area (TPSA) is 16.9 Å². The minimum atomic E-state index is 0.846. The third-order valence-corrected chi connectivity index (χ3v) is 6.13. The molecule has 0 radical (unpaired) electrons. The van der Waals surface area contributed by atoms with Gasteiger partial charge in [0.1, 0.15) is 15.9 Å². The highest BCUT2D eigenvalue weighted by Gasteiger charge is 2.32. The molecule has 21 heavy (non-hydrogen) atoms. The molecule has 0 aromatic heterocycles. The van der Waals surface area contributed by atoms with E-state index < -0.39 is 0 Å². The van der Waals surface area contributed by atoms with Gasteiger partial charge in [-0.25, -0.2) is 0 Å². The number of benzene rings is 1. The molecule has 2 aliphatic rings. The zero-order valence-electron chi connectivity index (χ0n) is 12.5. The molecule has 1 aromatic carbocycles. The Morgan fingerprint density at radius 1 is 1.29 bits per heavy atom. The molecule has 3 nitrogen and oxygen atoms in total. The van der Waals surface area contributed by atoms with Crippen molar-refractivity contribution >= 4 is 28.3 Å². The zero-order chi connectivity index (χ0) is 14.7. The van der Waals surface area contributed by atoms with E-state index in [4.69, 9.17) is 17.0 Å². The minimum absolute atomic E-state index is 0.846. The predicted molar refractivity (Wildman–Crippen MR) is 91.7 cm³/mol. The quantitative estimate of drug-likeness (QED) is 0.856. The minimum Gasteiger partial charge on any atom is -0.497 e. The average molecular weight is 324 g/mol. The SMILES string of the molecule is COc1ccc(CN2C[NH+](C3CCCC3)CSC2=S)cc1. The molecule has 2 fully saturated rings. The summed E-state index contributed by atoms with van der Waals surface area (Å²) in [5, 5.41) is 0. The molecule has 1 aliphatic heterocycles. The third kappa shape index (κ3) is 3.71. The number of nitrogens with zero attached hydrogens (tertiary/aromatic N) is 1. The fourth-order valence-corrected chi connectivity index (χ4v) is 4.51. The first-order valence-electron chi connectivity index (χ1n) is 7.65. The monoisotopic (exact) mass is 323 g/mol. The number of ether oxygens (including phenoxy) is 1. The molecule has 3 rings (SSSR count). The Morgan fingerprint density at radius 2 is 2.00 bits per heavy atom. The molecular weight excluding hydrogens is 300 g/mol. The van der Waals surface area contributed by atoms with Crippen LogP contribution in [0, 0.1) is 0 Å². The van der Waals surface area contributed by atoms with E-state index in [1.165, 1.54) is 31.2 Å². The van der Waals surface area contributed by atoms with Crippen LogP contribution in [-0.2, 0) is 6.54 Å². The van der Waals surface area contributed by atoms with Crippen LogP contribution in [0.5, 0.6) is 5.75 Å². The fraction of sp³-hybridized carbons (Fsp3) is 0.562. The van der Waals surface area contributed by atoms with E-state index in [1.807, 2.05) is 23.9 Å². The van der Waals surface area contributed by atoms with Crippen LogP contribution < -0.4 is 9.64 Å². The average Bonchev–Trinajstić information content (AvgIpc) is 3.04. The van der Waals surface area contributed by atoms with Crippen LogP contribution in [-0.4, -0.2) is 34.9 Å². The van der Waals surface area contributed by atoms with Crippen molar-refractivity contribution in [3.05, 3.63) is 29.8 Å². The molecule has 114 valence electrons. The largest absolute Gasteiger partial charge is 0.497 e. The van der Waals surface area contributed by atoms with Gasteiger partial charge in [-0.15, -0.1) is 0 Å². The second-order valence-corrected chi connectivity index (χ2v) is 7.51. The van der Waals surface area contributed by atoms with Crippen LogP contribution in [0.1, 0.15) is 31.2 Å². The summed E-state index contributed by atoms with van der Waals surface area (Å²) in [5.41, 5.74) is 1.30. The molecule has 1 aliphatic carbocycles. The summed E-state index contributed by atoms with van der Waals surface area (Å²) < 4.78 is 6.27. The van der Waals surface area contributed by atoms with Gasteiger partial charge in [-0.3, -0.25) is 0 Å². The summed E-state index contributed by atoms with van der Waals surface area (Å²) in [6.45, 7) is 1.97. The Labute approximate surface area is 136 Å². The molecule has 1 N–H and O–H groups in total. The van der Waals surface area contributed by atoms with E-state index in [0.29, 0.717) is 0 Å². The fourth-order valence-electron chi connectivity index (χ4n) is 3.25. The lowest BCUT2D eigenvalue weighted by Crippen LogP contribution is -3.17. The van der Waals surface area contributed by atoms with Gasteiger partial charge in [0.15, 0.2) is 6.67 Å². The molecule has 0 spiro atoms. The smallest absolute Gasteiger partial charge is 0.155 e. The van der Waals surface area contributed by atoms with Crippen LogP contribution in [0.25, 0.3) is 0 Å². The standard InChI is InChI=1S/C16H22N2OS2/c1-19-15-8-6-13(7-9-15)10-17-11-18(12-21-16(17)20)14-4-2-3-5-14/h6-9,14H,2-5,10-12H2,1H3/p+1. The second-order valence-electron chi connectivity index (χ2n) is 5.90. The van der Waals surface area contributed by atoms with E-state index in [0.717, 1.165) is 35.2 Å². The van der Waals surface area contributed by atoms with E-state index >= 15 is 0 Å². The van der Waals surface area contributed by atoms with E-state index in [-0.39, 0.29) is 0 Å². The summed E-state index contributed by atoms with van der Waals surface area (Å²) in [6, 6.07) is 9.17. The molecular formula is C16H23N2OS2+. The lowest BCUT2D eigenvalue weighted by atomic mass is 10.2. The van der Waals surface area contributed by atoms with E-state index in [2.05, 4.69) is 17.0 Å². The first-order valence-corrected chi connectivity index (χ1v) is 9.05. The summed E-state index contributed by atoms with van der Waals surface area (Å²) in [4.78, 5) is 4.07. The summed E-state index contributed by atoms with van der Waals surface area (Å²) >= 11 is 7.40. The van der Waals surface area contributed by atoms with Crippen molar-refractivity contribution in [2.75, 3.05) is 19.7 Å². The summed E-state index contributed by atoms with van der Waals surface area (Å²) in [6.07, 6.45) is 5.58. The second kappa shape index (κ2) is 6.99. The number of hydrogen-bond acceptors (Lipinski definition) is 3. The molecule has 0 amide bonds. The number of nitrogens with one attached hydrogen (secondary N) is 1. The van der Waals surface area contributed by atoms with Crippen molar-refractivity contribution in [3.8, 4) is 5.75 Å². The number of thioether (sulfide) groups is 1. The van der Waals surface area contributed by atoms with Gasteiger partial charge in [0.2, 0.25) is 0 Å². The molecule has 1 saturated carbocycles. The van der Waals surface area contributed by atoms with Gasteiger partial charge in [0.25, 0.3) is 0 Å². The lowest BCUT2D eigenvalue weighted by molar-refractivity contribution is -0.922. The van der Waals surface area contributed by atoms with Crippen LogP contribution in [0.3, 0.4) is 0 Å². The van der Waals surface area contributed by atoms with Crippen molar-refractivity contribution in [1.82, 2.24) is 4.90 Å². The first-order chi connectivity index (χ1) is 10.3. The van der Waals surface area contributed by atoms with Crippen molar-refractivity contribution in [3.63, 3.8) is 0 Å². The highest BCUT2D eigenvalue weighted by molar-refractivity contribution is 8.22. The third-order valence-electron chi connectivity index (χ3n) is 4.50. The van der Waals surface area contributed by atoms with Crippen molar-refractivity contribution in [2.45, 2.75) is 38.3 Å². The first kappa shape index (κ1) is 15.1. The Hall–Kier alpha value is -0.780. The van der Waals surface area contributed by atoms with Crippen molar-refractivity contribution in [2.24, 2.45) is 0 Å². The maximum Gasteiger partial charge on any atom is 0.155 e. The Balaban J connectivity index is 1.63. The zero-order valence-corrected chi connectivity index (χ0v) is 14.1. The van der Waals surface area contributed by atoms with E-state index in [9.17, 15) is 0 Å².